The van der Waals surface area contributed by atoms with E-state index in [4.69, 9.17) is 4.74 Å². The van der Waals surface area contributed by atoms with Gasteiger partial charge in [-0.15, -0.1) is 0 Å². The van der Waals surface area contributed by atoms with Crippen LogP contribution in [0.3, 0.4) is 0 Å². The van der Waals surface area contributed by atoms with Gasteiger partial charge in [-0.3, -0.25) is 4.72 Å². The minimum absolute atomic E-state index is 0.241. The Morgan fingerprint density at radius 2 is 1.90 bits per heavy atom. The first-order valence-electron chi connectivity index (χ1n) is 6.93. The number of anilines is 2. The molecule has 1 aromatic rings. The number of hydrogen-bond donors (Lipinski definition) is 3. The Bertz CT molecular complexity index is 527. The SMILES string of the molecule is COCCNS(=O)(=O)Nc1ccc(N2CCNCC2)cc1. The standard InChI is InChI=1S/C13H22N4O3S/c1-20-11-8-15-21(18,19)16-12-2-4-13(5-3-12)17-9-6-14-7-10-17/h2-5,14-16H,6-11H2,1H3. The van der Waals surface area contributed by atoms with Crippen molar-refractivity contribution in [2.75, 3.05) is 56.1 Å². The van der Waals surface area contributed by atoms with Gasteiger partial charge < -0.3 is 15.0 Å². The zero-order chi connectivity index (χ0) is 15.1. The predicted octanol–water partition coefficient (Wildman–Crippen LogP) is -0.0111. The molecule has 0 bridgehead atoms. The third kappa shape index (κ3) is 5.16. The zero-order valence-corrected chi connectivity index (χ0v) is 12.9. The van der Waals surface area contributed by atoms with E-state index in [1.807, 2.05) is 12.1 Å². The molecular weight excluding hydrogens is 292 g/mol. The van der Waals surface area contributed by atoms with Gasteiger partial charge in [0.2, 0.25) is 0 Å². The smallest absolute Gasteiger partial charge is 0.299 e. The number of nitrogens with one attached hydrogen (secondary N) is 3. The lowest BCUT2D eigenvalue weighted by molar-refractivity contribution is 0.204. The van der Waals surface area contributed by atoms with E-state index < -0.39 is 10.2 Å². The summed E-state index contributed by atoms with van der Waals surface area (Å²) in [7, 11) is -2.02. The monoisotopic (exact) mass is 314 g/mol. The van der Waals surface area contributed by atoms with E-state index in [1.165, 1.54) is 7.11 Å². The summed E-state index contributed by atoms with van der Waals surface area (Å²) in [5.74, 6) is 0. The minimum Gasteiger partial charge on any atom is -0.383 e. The summed E-state index contributed by atoms with van der Waals surface area (Å²) in [6, 6.07) is 7.40. The summed E-state index contributed by atoms with van der Waals surface area (Å²) in [4.78, 5) is 2.27. The van der Waals surface area contributed by atoms with E-state index in [-0.39, 0.29) is 6.54 Å². The van der Waals surface area contributed by atoms with Crippen LogP contribution in [-0.4, -0.2) is 54.9 Å². The highest BCUT2D eigenvalue weighted by Crippen LogP contribution is 2.18. The highest BCUT2D eigenvalue weighted by Gasteiger charge is 2.12. The number of ether oxygens (including phenoxy) is 1. The Kier molecular flexibility index (Phi) is 5.80. The van der Waals surface area contributed by atoms with Gasteiger partial charge in [0.1, 0.15) is 0 Å². The fourth-order valence-electron chi connectivity index (χ4n) is 2.13. The fraction of sp³-hybridized carbons (Fsp3) is 0.538. The average molecular weight is 314 g/mol. The van der Waals surface area contributed by atoms with Crippen molar-refractivity contribution >= 4 is 21.6 Å². The Hall–Kier alpha value is -1.35. The molecule has 1 aliphatic heterocycles. The molecule has 0 atom stereocenters. The first-order chi connectivity index (χ1) is 10.1. The Labute approximate surface area is 125 Å². The van der Waals surface area contributed by atoms with Crippen molar-refractivity contribution in [1.82, 2.24) is 10.0 Å². The topological polar surface area (TPSA) is 82.7 Å². The molecule has 0 spiro atoms. The Morgan fingerprint density at radius 3 is 2.52 bits per heavy atom. The van der Waals surface area contributed by atoms with E-state index in [9.17, 15) is 8.42 Å². The lowest BCUT2D eigenvalue weighted by Crippen LogP contribution is -2.43. The van der Waals surface area contributed by atoms with Gasteiger partial charge in [-0.25, -0.2) is 0 Å². The van der Waals surface area contributed by atoms with E-state index in [0.29, 0.717) is 12.3 Å². The summed E-state index contributed by atoms with van der Waals surface area (Å²) in [6.07, 6.45) is 0. The largest absolute Gasteiger partial charge is 0.383 e. The average Bonchev–Trinajstić information content (AvgIpc) is 2.49. The van der Waals surface area contributed by atoms with Gasteiger partial charge in [-0.2, -0.15) is 13.1 Å². The van der Waals surface area contributed by atoms with Crippen LogP contribution in [0.1, 0.15) is 0 Å². The van der Waals surface area contributed by atoms with Crippen molar-refractivity contribution in [2.45, 2.75) is 0 Å². The molecule has 2 rings (SSSR count). The lowest BCUT2D eigenvalue weighted by Gasteiger charge is -2.29. The van der Waals surface area contributed by atoms with E-state index in [2.05, 4.69) is 19.7 Å². The maximum Gasteiger partial charge on any atom is 0.299 e. The predicted molar refractivity (Wildman–Crippen MR) is 83.9 cm³/mol. The third-order valence-corrected chi connectivity index (χ3v) is 4.29. The van der Waals surface area contributed by atoms with Crippen LogP contribution in [-0.2, 0) is 14.9 Å². The van der Waals surface area contributed by atoms with Gasteiger partial charge in [0, 0.05) is 51.2 Å². The van der Waals surface area contributed by atoms with Gasteiger partial charge in [0.15, 0.2) is 0 Å². The molecule has 1 heterocycles. The van der Waals surface area contributed by atoms with Crippen LogP contribution in [0.4, 0.5) is 11.4 Å². The molecule has 0 aromatic heterocycles. The normalized spacial score (nSPS) is 16.0. The van der Waals surface area contributed by atoms with Crippen LogP contribution in [0.2, 0.25) is 0 Å². The minimum atomic E-state index is -3.55. The first kappa shape index (κ1) is 16.0. The number of nitrogens with zero attached hydrogens (tertiary/aromatic N) is 1. The second-order valence-electron chi connectivity index (χ2n) is 4.78. The number of rotatable bonds is 7. The van der Waals surface area contributed by atoms with Gasteiger partial charge in [0.25, 0.3) is 10.2 Å². The third-order valence-electron chi connectivity index (χ3n) is 3.20. The summed E-state index contributed by atoms with van der Waals surface area (Å²) >= 11 is 0. The first-order valence-corrected chi connectivity index (χ1v) is 8.41. The van der Waals surface area contributed by atoms with Gasteiger partial charge in [-0.05, 0) is 24.3 Å². The second kappa shape index (κ2) is 7.60. The van der Waals surface area contributed by atoms with Gasteiger partial charge >= 0.3 is 0 Å². The van der Waals surface area contributed by atoms with Crippen LogP contribution < -0.4 is 19.7 Å². The molecule has 21 heavy (non-hydrogen) atoms. The van der Waals surface area contributed by atoms with Gasteiger partial charge in [0.05, 0.1) is 6.61 Å². The molecule has 0 radical (unpaired) electrons. The highest BCUT2D eigenvalue weighted by atomic mass is 32.2. The molecule has 1 aromatic carbocycles. The molecule has 1 saturated heterocycles. The van der Waals surface area contributed by atoms with Crippen LogP contribution in [0.25, 0.3) is 0 Å². The molecule has 1 aliphatic rings. The maximum absolute atomic E-state index is 11.8. The van der Waals surface area contributed by atoms with Crippen LogP contribution in [0.5, 0.6) is 0 Å². The quantitative estimate of drug-likeness (QED) is 0.617. The lowest BCUT2D eigenvalue weighted by atomic mass is 10.2. The second-order valence-corrected chi connectivity index (χ2v) is 6.28. The number of hydrogen-bond acceptors (Lipinski definition) is 5. The molecule has 7 nitrogen and oxygen atoms in total. The molecule has 0 unspecified atom stereocenters. The molecule has 1 fully saturated rings. The van der Waals surface area contributed by atoms with Crippen molar-refractivity contribution in [3.05, 3.63) is 24.3 Å². The van der Waals surface area contributed by atoms with Crippen LogP contribution in [0.15, 0.2) is 24.3 Å². The fourth-order valence-corrected chi connectivity index (χ4v) is 3.00. The number of methoxy groups -OCH3 is 1. The summed E-state index contributed by atoms with van der Waals surface area (Å²) in [5, 5.41) is 3.30. The highest BCUT2D eigenvalue weighted by molar-refractivity contribution is 7.90. The van der Waals surface area contributed by atoms with E-state index in [1.54, 1.807) is 12.1 Å². The zero-order valence-electron chi connectivity index (χ0n) is 12.1. The Balaban J connectivity index is 1.92. The van der Waals surface area contributed by atoms with Crippen LogP contribution >= 0.6 is 0 Å². The van der Waals surface area contributed by atoms with Crippen molar-refractivity contribution in [3.63, 3.8) is 0 Å². The summed E-state index contributed by atoms with van der Waals surface area (Å²) in [6.45, 7) is 4.44. The molecular formula is C13H22N4O3S. The van der Waals surface area contributed by atoms with E-state index >= 15 is 0 Å². The van der Waals surface area contributed by atoms with Crippen molar-refractivity contribution in [3.8, 4) is 0 Å². The van der Waals surface area contributed by atoms with Crippen LogP contribution in [0, 0.1) is 0 Å². The molecule has 118 valence electrons. The summed E-state index contributed by atoms with van der Waals surface area (Å²) < 4.78 is 33.2. The van der Waals surface area contributed by atoms with Crippen molar-refractivity contribution in [2.24, 2.45) is 0 Å². The number of piperazine rings is 1. The molecule has 0 saturated carbocycles. The summed E-state index contributed by atoms with van der Waals surface area (Å²) in [5.41, 5.74) is 1.64. The van der Waals surface area contributed by atoms with Crippen molar-refractivity contribution < 1.29 is 13.2 Å². The number of benzene rings is 1. The van der Waals surface area contributed by atoms with E-state index in [0.717, 1.165) is 31.9 Å². The Morgan fingerprint density at radius 1 is 1.24 bits per heavy atom. The molecule has 0 aliphatic carbocycles. The van der Waals surface area contributed by atoms with Crippen molar-refractivity contribution in [1.29, 1.82) is 0 Å². The van der Waals surface area contributed by atoms with Gasteiger partial charge in [-0.1, -0.05) is 0 Å². The molecule has 8 heteroatoms. The molecule has 0 amide bonds. The molecule has 3 N–H and O–H groups in total. The maximum atomic E-state index is 11.8.